The Morgan fingerprint density at radius 2 is 1.74 bits per heavy atom. The van der Waals surface area contributed by atoms with Crippen molar-refractivity contribution in [1.29, 1.82) is 0 Å². The summed E-state index contributed by atoms with van der Waals surface area (Å²) in [4.78, 5) is 55.0. The standard InChI is InChI=1S/C47H43FN6O7.ClH/c1-27-39(25-36-35-24-32(48)12-16-38(35)52-44(36)55)51-28(2)43(27)45(56)50-20-19-49-18-7-21-60-46(57)30-10-13-33(14-11-30)54-41(29-8-5-4-6-9-29)26-40(53-54)37-23-31-22-34(59-3)15-17-42(31)61-47(37)58;/h4-6,8-17,22-25,41,49,51H,7,18-21,26H2,1-3H3,(H,50,56)(H,52,55);1H. The van der Waals surface area contributed by atoms with Crippen LogP contribution < -0.4 is 31.3 Å². The van der Waals surface area contributed by atoms with Gasteiger partial charge in [-0.2, -0.15) is 5.10 Å². The highest BCUT2D eigenvalue weighted by Gasteiger charge is 2.32. The number of nitrogens with one attached hydrogen (secondary N) is 4. The number of nitrogens with zero attached hydrogens (tertiary/aromatic N) is 2. The lowest BCUT2D eigenvalue weighted by molar-refractivity contribution is -0.110. The number of fused-ring (bicyclic) bond motifs is 2. The normalized spacial score (nSPS) is 14.9. The van der Waals surface area contributed by atoms with Crippen LogP contribution >= 0.6 is 12.4 Å². The lowest BCUT2D eigenvalue weighted by Gasteiger charge is -2.24. The number of methoxy groups -OCH3 is 1. The summed E-state index contributed by atoms with van der Waals surface area (Å²) in [5.41, 5.74) is 6.82. The summed E-state index contributed by atoms with van der Waals surface area (Å²) in [6.45, 7) is 5.20. The van der Waals surface area contributed by atoms with Crippen LogP contribution in [0.3, 0.4) is 0 Å². The molecule has 0 saturated carbocycles. The zero-order valence-corrected chi connectivity index (χ0v) is 35.0. The second-order valence-electron chi connectivity index (χ2n) is 14.8. The summed E-state index contributed by atoms with van der Waals surface area (Å²) in [5, 5.41) is 16.4. The molecule has 8 rings (SSSR count). The Morgan fingerprint density at radius 3 is 2.52 bits per heavy atom. The van der Waals surface area contributed by atoms with Crippen molar-refractivity contribution < 1.29 is 32.7 Å². The predicted octanol–water partition coefficient (Wildman–Crippen LogP) is 7.72. The first kappa shape index (κ1) is 43.1. The van der Waals surface area contributed by atoms with E-state index < -0.39 is 17.4 Å². The van der Waals surface area contributed by atoms with Crippen LogP contribution in [0.4, 0.5) is 15.8 Å². The average molecular weight is 859 g/mol. The van der Waals surface area contributed by atoms with E-state index in [1.54, 1.807) is 57.4 Å². The third kappa shape index (κ3) is 9.02. The van der Waals surface area contributed by atoms with E-state index >= 15 is 0 Å². The second-order valence-corrected chi connectivity index (χ2v) is 14.8. The van der Waals surface area contributed by atoms with Crippen LogP contribution in [0.1, 0.15) is 73.2 Å². The van der Waals surface area contributed by atoms with E-state index in [0.717, 1.165) is 16.6 Å². The molecule has 6 aromatic rings. The molecule has 0 saturated heterocycles. The van der Waals surface area contributed by atoms with E-state index in [9.17, 15) is 23.6 Å². The molecule has 0 aliphatic carbocycles. The molecule has 0 bridgehead atoms. The topological polar surface area (TPSA) is 167 Å². The molecule has 15 heteroatoms. The Hall–Kier alpha value is -7.03. The van der Waals surface area contributed by atoms with Crippen LogP contribution in [0, 0.1) is 19.7 Å². The Bertz CT molecular complexity index is 2780. The molecule has 4 aromatic carbocycles. The third-order valence-corrected chi connectivity index (χ3v) is 10.8. The maximum atomic E-state index is 13.9. The number of aryl methyl sites for hydroxylation is 1. The second kappa shape index (κ2) is 18.7. The number of carbonyl (C=O) groups is 3. The van der Waals surface area contributed by atoms with Crippen LogP contribution in [-0.2, 0) is 9.53 Å². The van der Waals surface area contributed by atoms with Gasteiger partial charge in [0.25, 0.3) is 11.8 Å². The number of halogens is 2. The molecule has 0 fully saturated rings. The van der Waals surface area contributed by atoms with Gasteiger partial charge in [-0.15, -0.1) is 12.4 Å². The van der Waals surface area contributed by atoms with E-state index in [2.05, 4.69) is 20.9 Å². The molecule has 4 heterocycles. The molecule has 2 aliphatic rings. The van der Waals surface area contributed by atoms with Crippen molar-refractivity contribution >= 4 is 69.9 Å². The summed E-state index contributed by atoms with van der Waals surface area (Å²) < 4.78 is 30.5. The molecule has 1 unspecified atom stereocenters. The zero-order valence-electron chi connectivity index (χ0n) is 34.2. The third-order valence-electron chi connectivity index (χ3n) is 10.8. The van der Waals surface area contributed by atoms with Crippen molar-refractivity contribution in [2.75, 3.05) is 43.7 Å². The number of esters is 1. The number of amides is 2. The molecular weight excluding hydrogens is 815 g/mol. The fourth-order valence-electron chi connectivity index (χ4n) is 7.66. The van der Waals surface area contributed by atoms with Gasteiger partial charge in [0.2, 0.25) is 0 Å². The maximum Gasteiger partial charge on any atom is 0.345 e. The SMILES string of the molecule is COc1ccc2oc(=O)c(C3=NN(c4ccc(C(=O)OCCCNCCNC(=O)c5c(C)[nH]c(C=C6C(=O)Nc7ccc(F)cc76)c5C)cc4)C(c4ccccc4)C3)cc2c1.Cl. The van der Waals surface area contributed by atoms with Crippen molar-refractivity contribution in [3.8, 4) is 5.75 Å². The summed E-state index contributed by atoms with van der Waals surface area (Å²) in [6.07, 6.45) is 2.66. The molecule has 0 radical (unpaired) electrons. The average Bonchev–Trinajstić information content (AvgIpc) is 3.93. The molecule has 1 atom stereocenters. The van der Waals surface area contributed by atoms with Crippen molar-refractivity contribution in [2.24, 2.45) is 5.10 Å². The van der Waals surface area contributed by atoms with E-state index in [4.69, 9.17) is 19.0 Å². The van der Waals surface area contributed by atoms with Crippen molar-refractivity contribution in [2.45, 2.75) is 32.7 Å². The Balaban J connectivity index is 0.00000578. The monoisotopic (exact) mass is 858 g/mol. The lowest BCUT2D eigenvalue weighted by atomic mass is 9.98. The molecule has 0 spiro atoms. The van der Waals surface area contributed by atoms with Crippen LogP contribution in [-0.4, -0.2) is 61.8 Å². The molecule has 13 nitrogen and oxygen atoms in total. The number of anilines is 2. The fourth-order valence-corrected chi connectivity index (χ4v) is 7.66. The van der Waals surface area contributed by atoms with Gasteiger partial charge in [-0.25, -0.2) is 14.0 Å². The van der Waals surface area contributed by atoms with Gasteiger partial charge in [-0.1, -0.05) is 30.3 Å². The minimum Gasteiger partial charge on any atom is -0.497 e. The number of aromatic amines is 1. The minimum atomic E-state index is -0.474. The van der Waals surface area contributed by atoms with Gasteiger partial charge in [0.1, 0.15) is 17.1 Å². The number of ether oxygens (including phenoxy) is 2. The molecule has 4 N–H and O–H groups in total. The predicted molar refractivity (Wildman–Crippen MR) is 239 cm³/mol. The lowest BCUT2D eigenvalue weighted by Crippen LogP contribution is -2.33. The van der Waals surface area contributed by atoms with Crippen molar-refractivity contribution in [1.82, 2.24) is 15.6 Å². The molecule has 2 aliphatic heterocycles. The van der Waals surface area contributed by atoms with Crippen molar-refractivity contribution in [3.05, 3.63) is 158 Å². The number of rotatable bonds is 14. The molecule has 62 heavy (non-hydrogen) atoms. The minimum absolute atomic E-state index is 0. The van der Waals surface area contributed by atoms with Crippen LogP contribution in [0.5, 0.6) is 5.75 Å². The maximum absolute atomic E-state index is 13.9. The number of hydrazone groups is 1. The van der Waals surface area contributed by atoms with Gasteiger partial charge in [0.05, 0.1) is 53.4 Å². The summed E-state index contributed by atoms with van der Waals surface area (Å²) in [6, 6.07) is 27.9. The Morgan fingerprint density at radius 1 is 0.952 bits per heavy atom. The van der Waals surface area contributed by atoms with Gasteiger partial charge in [0.15, 0.2) is 0 Å². The van der Waals surface area contributed by atoms with E-state index in [1.165, 1.54) is 18.2 Å². The van der Waals surface area contributed by atoms with Gasteiger partial charge >= 0.3 is 11.6 Å². The zero-order chi connectivity index (χ0) is 42.6. The highest BCUT2D eigenvalue weighted by molar-refractivity contribution is 6.35. The van der Waals surface area contributed by atoms with Crippen LogP contribution in [0.2, 0.25) is 0 Å². The molecule has 318 valence electrons. The molecule has 2 amide bonds. The van der Waals surface area contributed by atoms with Gasteiger partial charge in [-0.05, 0) is 111 Å². The Kier molecular flexibility index (Phi) is 13.0. The van der Waals surface area contributed by atoms with Gasteiger partial charge in [-0.3, -0.25) is 14.6 Å². The van der Waals surface area contributed by atoms with Gasteiger partial charge in [0, 0.05) is 47.5 Å². The van der Waals surface area contributed by atoms with Crippen LogP contribution in [0.15, 0.2) is 111 Å². The smallest absolute Gasteiger partial charge is 0.345 e. The first-order valence-electron chi connectivity index (χ1n) is 19.9. The van der Waals surface area contributed by atoms with Crippen LogP contribution in [0.25, 0.3) is 22.6 Å². The van der Waals surface area contributed by atoms with Crippen molar-refractivity contribution in [3.63, 3.8) is 0 Å². The summed E-state index contributed by atoms with van der Waals surface area (Å²) in [7, 11) is 1.58. The first-order valence-corrected chi connectivity index (χ1v) is 19.9. The summed E-state index contributed by atoms with van der Waals surface area (Å²) >= 11 is 0. The Labute approximate surface area is 362 Å². The van der Waals surface area contributed by atoms with Gasteiger partial charge < -0.3 is 34.8 Å². The quantitative estimate of drug-likeness (QED) is 0.0371. The number of benzene rings is 4. The number of H-pyrrole nitrogens is 1. The number of carbonyl (C=O) groups excluding carboxylic acids is 3. The molecular formula is C47H44ClFN6O7. The highest BCUT2D eigenvalue weighted by atomic mass is 35.5. The number of aromatic nitrogens is 1. The number of hydrogen-bond donors (Lipinski definition) is 4. The van der Waals surface area contributed by atoms with E-state index in [0.29, 0.717) is 100.0 Å². The first-order chi connectivity index (χ1) is 29.6. The largest absolute Gasteiger partial charge is 0.497 e. The van der Waals surface area contributed by atoms with E-state index in [1.807, 2.05) is 53.5 Å². The molecule has 2 aromatic heterocycles. The summed E-state index contributed by atoms with van der Waals surface area (Å²) in [5.74, 6) is -0.848. The fraction of sp³-hybridized carbons (Fsp3) is 0.213. The highest BCUT2D eigenvalue weighted by Crippen LogP contribution is 2.37. The van der Waals surface area contributed by atoms with E-state index in [-0.39, 0.29) is 36.9 Å². The number of hydrogen-bond acceptors (Lipinski definition) is 10.